The van der Waals surface area contributed by atoms with Gasteiger partial charge in [-0.05, 0) is 19.9 Å². The molecule has 3 nitrogen and oxygen atoms in total. The van der Waals surface area contributed by atoms with Crippen molar-refractivity contribution in [2.75, 3.05) is 18.8 Å². The lowest BCUT2D eigenvalue weighted by atomic mass is 10.4. The minimum Gasteiger partial charge on any atom is -0.316 e. The molecule has 0 aliphatic rings. The van der Waals surface area contributed by atoms with Crippen molar-refractivity contribution in [3.63, 3.8) is 0 Å². The first-order chi connectivity index (χ1) is 6.04. The smallest absolute Gasteiger partial charge is 0.154 e. The quantitative estimate of drug-likeness (QED) is 0.682. The predicted molar refractivity (Wildman–Crippen MR) is 56.7 cm³/mol. The number of rotatable bonds is 7. The van der Waals surface area contributed by atoms with Crippen molar-refractivity contribution in [1.29, 1.82) is 0 Å². The van der Waals surface area contributed by atoms with Crippen molar-refractivity contribution in [2.45, 2.75) is 38.9 Å². The fourth-order valence-corrected chi connectivity index (χ4v) is 2.49. The molecular weight excluding hydrogens is 186 g/mol. The second kappa shape index (κ2) is 6.38. The van der Waals surface area contributed by atoms with Gasteiger partial charge >= 0.3 is 0 Å². The van der Waals surface area contributed by atoms with Gasteiger partial charge in [-0.2, -0.15) is 0 Å². The van der Waals surface area contributed by atoms with E-state index in [2.05, 4.69) is 5.32 Å². The van der Waals surface area contributed by atoms with E-state index in [0.29, 0.717) is 12.3 Å². The highest BCUT2D eigenvalue weighted by Gasteiger charge is 2.18. The number of hydrogen-bond donors (Lipinski definition) is 1. The van der Waals surface area contributed by atoms with Gasteiger partial charge in [0.05, 0.1) is 11.0 Å². The highest BCUT2D eigenvalue weighted by Crippen LogP contribution is 2.04. The van der Waals surface area contributed by atoms with Gasteiger partial charge in [0.2, 0.25) is 0 Å². The molecule has 0 heterocycles. The van der Waals surface area contributed by atoms with Crippen LogP contribution in [0.5, 0.6) is 0 Å². The lowest BCUT2D eigenvalue weighted by molar-refractivity contribution is 0.571. The average Bonchev–Trinajstić information content (AvgIpc) is 2.10. The van der Waals surface area contributed by atoms with Gasteiger partial charge < -0.3 is 5.32 Å². The van der Waals surface area contributed by atoms with Gasteiger partial charge in [-0.1, -0.05) is 20.3 Å². The van der Waals surface area contributed by atoms with Crippen LogP contribution >= 0.6 is 0 Å². The van der Waals surface area contributed by atoms with Crippen LogP contribution in [0.1, 0.15) is 33.6 Å². The number of nitrogens with one attached hydrogen (secondary N) is 1. The van der Waals surface area contributed by atoms with Gasteiger partial charge in [0, 0.05) is 6.54 Å². The summed E-state index contributed by atoms with van der Waals surface area (Å²) in [6.45, 7) is 7.15. The standard InChI is InChI=1S/C9H21NO2S/c1-4-6-7-13(11,12)9(3)8-10-5-2/h9-10H,4-8H2,1-3H3. The monoisotopic (exact) mass is 207 g/mol. The maximum absolute atomic E-state index is 11.6. The molecule has 0 rings (SSSR count). The molecule has 1 unspecified atom stereocenters. The first kappa shape index (κ1) is 12.9. The highest BCUT2D eigenvalue weighted by molar-refractivity contribution is 7.92. The highest BCUT2D eigenvalue weighted by atomic mass is 32.2. The molecule has 0 bridgehead atoms. The molecule has 0 aliphatic carbocycles. The Morgan fingerprint density at radius 2 is 1.92 bits per heavy atom. The van der Waals surface area contributed by atoms with Crippen molar-refractivity contribution in [3.05, 3.63) is 0 Å². The molecule has 4 heteroatoms. The molecule has 80 valence electrons. The van der Waals surface area contributed by atoms with Crippen LogP contribution in [0, 0.1) is 0 Å². The van der Waals surface area contributed by atoms with E-state index in [0.717, 1.165) is 19.4 Å². The van der Waals surface area contributed by atoms with E-state index in [1.165, 1.54) is 0 Å². The van der Waals surface area contributed by atoms with Crippen LogP contribution in [0.25, 0.3) is 0 Å². The van der Waals surface area contributed by atoms with Crippen LogP contribution in [0.15, 0.2) is 0 Å². The average molecular weight is 207 g/mol. The van der Waals surface area contributed by atoms with Gasteiger partial charge in [0.1, 0.15) is 0 Å². The van der Waals surface area contributed by atoms with E-state index in [1.807, 2.05) is 13.8 Å². The zero-order chi connectivity index (χ0) is 10.3. The third-order valence-corrected chi connectivity index (χ3v) is 4.33. The summed E-state index contributed by atoms with van der Waals surface area (Å²) in [5, 5.41) is 2.80. The van der Waals surface area contributed by atoms with Crippen LogP contribution in [0.3, 0.4) is 0 Å². The van der Waals surface area contributed by atoms with Gasteiger partial charge in [-0.25, -0.2) is 8.42 Å². The maximum Gasteiger partial charge on any atom is 0.154 e. The Morgan fingerprint density at radius 3 is 2.38 bits per heavy atom. The minimum atomic E-state index is -2.86. The Hall–Kier alpha value is -0.0900. The van der Waals surface area contributed by atoms with Crippen LogP contribution in [-0.4, -0.2) is 32.5 Å². The molecule has 0 fully saturated rings. The summed E-state index contributed by atoms with van der Waals surface area (Å²) in [4.78, 5) is 0. The van der Waals surface area contributed by atoms with E-state index in [1.54, 1.807) is 6.92 Å². The largest absolute Gasteiger partial charge is 0.316 e. The van der Waals surface area contributed by atoms with Crippen molar-refractivity contribution in [2.24, 2.45) is 0 Å². The van der Waals surface area contributed by atoms with E-state index in [9.17, 15) is 8.42 Å². The summed E-state index contributed by atoms with van der Waals surface area (Å²) in [6.07, 6.45) is 1.71. The Morgan fingerprint density at radius 1 is 1.31 bits per heavy atom. The first-order valence-corrected chi connectivity index (χ1v) is 6.68. The van der Waals surface area contributed by atoms with Crippen LogP contribution in [0.2, 0.25) is 0 Å². The molecule has 0 saturated heterocycles. The van der Waals surface area contributed by atoms with E-state index in [-0.39, 0.29) is 5.25 Å². The SMILES string of the molecule is CCCCS(=O)(=O)C(C)CNCC. The van der Waals surface area contributed by atoms with E-state index in [4.69, 9.17) is 0 Å². The topological polar surface area (TPSA) is 46.2 Å². The second-order valence-corrected chi connectivity index (χ2v) is 5.88. The molecule has 0 saturated carbocycles. The van der Waals surface area contributed by atoms with Crippen molar-refractivity contribution < 1.29 is 8.42 Å². The molecule has 0 radical (unpaired) electrons. The molecule has 0 amide bonds. The van der Waals surface area contributed by atoms with Crippen molar-refractivity contribution >= 4 is 9.84 Å². The summed E-state index contributed by atoms with van der Waals surface area (Å²) >= 11 is 0. The van der Waals surface area contributed by atoms with E-state index >= 15 is 0 Å². The lowest BCUT2D eigenvalue weighted by Crippen LogP contribution is -2.32. The lowest BCUT2D eigenvalue weighted by Gasteiger charge is -2.12. The van der Waals surface area contributed by atoms with Gasteiger partial charge in [0.25, 0.3) is 0 Å². The third kappa shape index (κ3) is 5.26. The maximum atomic E-state index is 11.6. The van der Waals surface area contributed by atoms with Crippen LogP contribution in [-0.2, 0) is 9.84 Å². The Kier molecular flexibility index (Phi) is 6.33. The summed E-state index contributed by atoms with van der Waals surface area (Å²) < 4.78 is 23.1. The van der Waals surface area contributed by atoms with Gasteiger partial charge in [-0.3, -0.25) is 0 Å². The van der Waals surface area contributed by atoms with Crippen molar-refractivity contribution in [1.82, 2.24) is 5.32 Å². The number of unbranched alkanes of at least 4 members (excludes halogenated alkanes) is 1. The van der Waals surface area contributed by atoms with Crippen LogP contribution in [0.4, 0.5) is 0 Å². The summed E-state index contributed by atoms with van der Waals surface area (Å²) in [5.41, 5.74) is 0. The van der Waals surface area contributed by atoms with Crippen LogP contribution < -0.4 is 5.32 Å². The molecule has 13 heavy (non-hydrogen) atoms. The van der Waals surface area contributed by atoms with Gasteiger partial charge in [0.15, 0.2) is 9.84 Å². The Labute approximate surface area is 81.8 Å². The number of hydrogen-bond acceptors (Lipinski definition) is 3. The first-order valence-electron chi connectivity index (χ1n) is 4.96. The normalized spacial score (nSPS) is 14.4. The fourth-order valence-electron chi connectivity index (χ4n) is 1.02. The van der Waals surface area contributed by atoms with E-state index < -0.39 is 9.84 Å². The number of sulfone groups is 1. The molecule has 1 N–H and O–H groups in total. The minimum absolute atomic E-state index is 0.251. The Balaban J connectivity index is 3.96. The molecule has 0 aromatic carbocycles. The zero-order valence-electron chi connectivity index (χ0n) is 8.84. The molecule has 1 atom stereocenters. The predicted octanol–water partition coefficient (Wildman–Crippen LogP) is 1.20. The zero-order valence-corrected chi connectivity index (χ0v) is 9.65. The summed E-state index contributed by atoms with van der Waals surface area (Å²) in [5.74, 6) is 0.329. The van der Waals surface area contributed by atoms with Gasteiger partial charge in [-0.15, -0.1) is 0 Å². The molecule has 0 aromatic heterocycles. The molecular formula is C9H21NO2S. The fraction of sp³-hybridized carbons (Fsp3) is 1.00. The second-order valence-electron chi connectivity index (χ2n) is 3.34. The third-order valence-electron chi connectivity index (χ3n) is 2.08. The molecule has 0 aliphatic heterocycles. The Bertz CT molecular complexity index is 212. The van der Waals surface area contributed by atoms with Crippen molar-refractivity contribution in [3.8, 4) is 0 Å². The summed E-state index contributed by atoms with van der Waals surface area (Å²) in [6, 6.07) is 0. The molecule has 0 aromatic rings. The summed E-state index contributed by atoms with van der Waals surface area (Å²) in [7, 11) is -2.86. The molecule has 0 spiro atoms.